The van der Waals surface area contributed by atoms with Crippen molar-refractivity contribution >= 4 is 16.5 Å². The van der Waals surface area contributed by atoms with E-state index in [1.807, 2.05) is 0 Å². The van der Waals surface area contributed by atoms with Gasteiger partial charge in [0.25, 0.3) is 0 Å². The summed E-state index contributed by atoms with van der Waals surface area (Å²) in [6.07, 6.45) is 0. The van der Waals surface area contributed by atoms with E-state index in [9.17, 15) is 0 Å². The van der Waals surface area contributed by atoms with E-state index in [1.165, 1.54) is 6.54 Å². The minimum Gasteiger partial charge on any atom is -0.392 e. The van der Waals surface area contributed by atoms with Crippen LogP contribution in [-0.4, -0.2) is 72.7 Å². The van der Waals surface area contributed by atoms with Crippen molar-refractivity contribution in [2.75, 3.05) is 47.4 Å². The molecule has 0 saturated heterocycles. The fourth-order valence-electron chi connectivity index (χ4n) is 0.730. The average molecular weight is 174 g/mol. The molecule has 0 radical (unpaired) electrons. The predicted molar refractivity (Wildman–Crippen MR) is 50.5 cm³/mol. The van der Waals surface area contributed by atoms with E-state index in [0.717, 1.165) is 36.2 Å². The molecule has 0 saturated carbocycles. The molecular formula is C7H19AlN2O. The Hall–Kier alpha value is 0.412. The van der Waals surface area contributed by atoms with Gasteiger partial charge in [0.2, 0.25) is 0 Å². The van der Waals surface area contributed by atoms with Crippen LogP contribution in [0.2, 0.25) is 0 Å². The highest BCUT2D eigenvalue weighted by Crippen LogP contribution is 1.83. The van der Waals surface area contributed by atoms with Crippen LogP contribution in [-0.2, 0) is 4.74 Å². The molecule has 66 valence electrons. The van der Waals surface area contributed by atoms with Gasteiger partial charge in [-0.15, -0.1) is 0 Å². The van der Waals surface area contributed by atoms with Crippen molar-refractivity contribution in [1.29, 1.82) is 0 Å². The van der Waals surface area contributed by atoms with E-state index in [-0.39, 0.29) is 0 Å². The number of hydrogen-bond acceptors (Lipinski definition) is 3. The Bertz CT molecular complexity index is 90.5. The first-order valence-corrected chi connectivity index (χ1v) is 4.88. The molecule has 0 aliphatic carbocycles. The first-order chi connectivity index (χ1) is 5.16. The Morgan fingerprint density at radius 3 is 2.27 bits per heavy atom. The molecule has 4 heteroatoms. The van der Waals surface area contributed by atoms with Crippen LogP contribution < -0.4 is 0 Å². The fraction of sp³-hybridized carbons (Fsp3) is 1.00. The van der Waals surface area contributed by atoms with Crippen molar-refractivity contribution < 1.29 is 4.74 Å². The number of likely N-dealkylation sites (N-methyl/N-ethyl adjacent to an activating group) is 2. The van der Waals surface area contributed by atoms with Crippen LogP contribution in [0.1, 0.15) is 0 Å². The van der Waals surface area contributed by atoms with E-state index in [0.29, 0.717) is 0 Å². The zero-order chi connectivity index (χ0) is 8.69. The first kappa shape index (κ1) is 11.4. The van der Waals surface area contributed by atoms with E-state index >= 15 is 0 Å². The van der Waals surface area contributed by atoms with E-state index < -0.39 is 0 Å². The number of rotatable bonds is 6. The fourth-order valence-corrected chi connectivity index (χ4v) is 0.930. The maximum Gasteiger partial charge on any atom is 0.321 e. The molecule has 0 fully saturated rings. The Balaban J connectivity index is 3.15. The SMILES string of the molecule is COCCN(C)CC[N](C)[AlH2]. The van der Waals surface area contributed by atoms with Gasteiger partial charge in [0.15, 0.2) is 0 Å². The van der Waals surface area contributed by atoms with Gasteiger partial charge >= 0.3 is 16.5 Å². The Kier molecular flexibility index (Phi) is 7.35. The molecule has 0 aromatic rings. The largest absolute Gasteiger partial charge is 0.392 e. The number of methoxy groups -OCH3 is 1. The third-order valence-electron chi connectivity index (χ3n) is 1.61. The molecule has 0 amide bonds. The van der Waals surface area contributed by atoms with Crippen molar-refractivity contribution in [3.8, 4) is 0 Å². The van der Waals surface area contributed by atoms with Gasteiger partial charge in [-0.05, 0) is 20.6 Å². The molecule has 0 bridgehead atoms. The summed E-state index contributed by atoms with van der Waals surface area (Å²) < 4.78 is 7.30. The molecule has 3 nitrogen and oxygen atoms in total. The number of ether oxygens (including phenoxy) is 1. The monoisotopic (exact) mass is 174 g/mol. The minimum atomic E-state index is 0.835. The van der Waals surface area contributed by atoms with Crippen LogP contribution in [0.3, 0.4) is 0 Å². The number of hydrogen-bond donors (Lipinski definition) is 0. The highest BCUT2D eigenvalue weighted by Gasteiger charge is 1.96. The molecule has 0 heterocycles. The van der Waals surface area contributed by atoms with Crippen LogP contribution >= 0.6 is 0 Å². The smallest absolute Gasteiger partial charge is 0.321 e. The summed E-state index contributed by atoms with van der Waals surface area (Å²) in [4.78, 5) is 2.29. The maximum atomic E-state index is 4.97. The second-order valence-electron chi connectivity index (χ2n) is 3.10. The molecule has 0 rings (SSSR count). The van der Waals surface area contributed by atoms with Crippen LogP contribution in [0.15, 0.2) is 0 Å². The van der Waals surface area contributed by atoms with Crippen molar-refractivity contribution in [2.45, 2.75) is 0 Å². The normalized spacial score (nSPS) is 11.4. The topological polar surface area (TPSA) is 15.7 Å². The van der Waals surface area contributed by atoms with Crippen LogP contribution in [0.4, 0.5) is 0 Å². The van der Waals surface area contributed by atoms with Gasteiger partial charge in [-0.1, -0.05) is 0 Å². The number of nitrogens with zero attached hydrogens (tertiary/aromatic N) is 2. The molecule has 0 atom stereocenters. The van der Waals surface area contributed by atoms with Gasteiger partial charge in [-0.25, -0.2) is 0 Å². The minimum absolute atomic E-state index is 0.835. The summed E-state index contributed by atoms with van der Waals surface area (Å²) in [6.45, 7) is 4.18. The summed E-state index contributed by atoms with van der Waals surface area (Å²) in [7, 11) is 6.02. The van der Waals surface area contributed by atoms with Crippen molar-refractivity contribution in [2.24, 2.45) is 0 Å². The molecule has 11 heavy (non-hydrogen) atoms. The second-order valence-corrected chi connectivity index (χ2v) is 4.63. The lowest BCUT2D eigenvalue weighted by molar-refractivity contribution is 0.159. The van der Waals surface area contributed by atoms with Gasteiger partial charge in [-0.2, -0.15) is 0 Å². The lowest BCUT2D eigenvalue weighted by Crippen LogP contribution is -2.31. The highest BCUT2D eigenvalue weighted by atomic mass is 27.1. The summed E-state index contributed by atoms with van der Waals surface area (Å²) in [5.74, 6) is 0. The van der Waals surface area contributed by atoms with E-state index in [4.69, 9.17) is 4.74 Å². The molecule has 0 N–H and O–H groups in total. The van der Waals surface area contributed by atoms with Gasteiger partial charge in [-0.3, -0.25) is 0 Å². The average Bonchev–Trinajstić information content (AvgIpc) is 1.97. The summed E-state index contributed by atoms with van der Waals surface area (Å²) >= 11 is 1.15. The van der Waals surface area contributed by atoms with Crippen molar-refractivity contribution in [1.82, 2.24) is 8.78 Å². The van der Waals surface area contributed by atoms with E-state index in [1.54, 1.807) is 7.11 Å². The molecule has 0 aliphatic rings. The third kappa shape index (κ3) is 8.32. The molecule has 0 aromatic carbocycles. The molecule has 0 unspecified atom stereocenters. The summed E-state index contributed by atoms with van der Waals surface area (Å²) in [6, 6.07) is 0. The lowest BCUT2D eigenvalue weighted by atomic mass is 10.5. The van der Waals surface area contributed by atoms with Gasteiger partial charge in [0.1, 0.15) is 0 Å². The van der Waals surface area contributed by atoms with Crippen LogP contribution in [0, 0.1) is 0 Å². The highest BCUT2D eigenvalue weighted by molar-refractivity contribution is 6.04. The molecule has 0 spiro atoms. The van der Waals surface area contributed by atoms with Crippen molar-refractivity contribution in [3.63, 3.8) is 0 Å². The van der Waals surface area contributed by atoms with Crippen LogP contribution in [0.25, 0.3) is 0 Å². The lowest BCUT2D eigenvalue weighted by Gasteiger charge is -2.19. The van der Waals surface area contributed by atoms with Gasteiger partial charge in [0, 0.05) is 20.2 Å². The summed E-state index contributed by atoms with van der Waals surface area (Å²) in [5, 5.41) is 0. The van der Waals surface area contributed by atoms with E-state index in [2.05, 4.69) is 22.9 Å². The predicted octanol–water partition coefficient (Wildman–Crippen LogP) is -0.955. The Morgan fingerprint density at radius 2 is 1.82 bits per heavy atom. The Morgan fingerprint density at radius 1 is 1.18 bits per heavy atom. The van der Waals surface area contributed by atoms with Gasteiger partial charge < -0.3 is 13.5 Å². The first-order valence-electron chi connectivity index (χ1n) is 3.99. The Labute approximate surface area is 77.9 Å². The zero-order valence-electron chi connectivity index (χ0n) is 8.13. The second kappa shape index (κ2) is 7.08. The van der Waals surface area contributed by atoms with Gasteiger partial charge in [0.05, 0.1) is 6.61 Å². The molecule has 0 aromatic heterocycles. The third-order valence-corrected chi connectivity index (χ3v) is 2.05. The molecular weight excluding hydrogens is 155 g/mol. The quantitative estimate of drug-likeness (QED) is 0.483. The molecule has 0 aliphatic heterocycles. The summed E-state index contributed by atoms with van der Waals surface area (Å²) in [5.41, 5.74) is 0. The zero-order valence-corrected chi connectivity index (χ0v) is 10.1. The van der Waals surface area contributed by atoms with Crippen molar-refractivity contribution in [3.05, 3.63) is 0 Å². The van der Waals surface area contributed by atoms with Crippen LogP contribution in [0.5, 0.6) is 0 Å². The maximum absolute atomic E-state index is 4.97. The standard InChI is InChI=1S/C7H17N2O.Al.2H/c1-8-4-5-9(2)6-7-10-3;;;/h4-7H2,1-3H3;;;/q-1;+1;;.